The SMILES string of the molecule is CCNC(=O)[C@@H](C)NS(=O)(=O)c1c(Cl)cccc1Cl. The van der Waals surface area contributed by atoms with E-state index < -0.39 is 22.0 Å². The third-order valence-electron chi connectivity index (χ3n) is 2.26. The predicted molar refractivity (Wildman–Crippen MR) is 74.9 cm³/mol. The van der Waals surface area contributed by atoms with Gasteiger partial charge >= 0.3 is 0 Å². The first-order chi connectivity index (χ1) is 8.79. The number of rotatable bonds is 5. The van der Waals surface area contributed by atoms with Gasteiger partial charge in [0.1, 0.15) is 4.90 Å². The van der Waals surface area contributed by atoms with Gasteiger partial charge in [-0.15, -0.1) is 0 Å². The maximum atomic E-state index is 12.1. The van der Waals surface area contributed by atoms with E-state index in [9.17, 15) is 13.2 Å². The number of nitrogens with one attached hydrogen (secondary N) is 2. The molecular formula is C11H14Cl2N2O3S. The first-order valence-corrected chi connectivity index (χ1v) is 7.77. The van der Waals surface area contributed by atoms with Gasteiger partial charge in [0, 0.05) is 6.54 Å². The van der Waals surface area contributed by atoms with Crippen molar-refractivity contribution in [2.24, 2.45) is 0 Å². The van der Waals surface area contributed by atoms with Crippen LogP contribution in [0.5, 0.6) is 0 Å². The number of amides is 1. The molecule has 1 aromatic carbocycles. The summed E-state index contributed by atoms with van der Waals surface area (Å²) in [6.07, 6.45) is 0. The Morgan fingerprint density at radius 3 is 2.32 bits per heavy atom. The summed E-state index contributed by atoms with van der Waals surface area (Å²) < 4.78 is 26.5. The molecule has 1 amide bonds. The molecule has 0 aliphatic heterocycles. The van der Waals surface area contributed by atoms with Crippen molar-refractivity contribution in [1.29, 1.82) is 0 Å². The molecular weight excluding hydrogens is 311 g/mol. The van der Waals surface area contributed by atoms with Crippen molar-refractivity contribution >= 4 is 39.1 Å². The monoisotopic (exact) mass is 324 g/mol. The molecule has 0 aliphatic carbocycles. The Labute approximate surface area is 122 Å². The molecule has 0 fully saturated rings. The van der Waals surface area contributed by atoms with E-state index in [0.29, 0.717) is 6.54 Å². The fraction of sp³-hybridized carbons (Fsp3) is 0.364. The van der Waals surface area contributed by atoms with Gasteiger partial charge in [-0.3, -0.25) is 4.79 Å². The first-order valence-electron chi connectivity index (χ1n) is 5.53. The molecule has 106 valence electrons. The third kappa shape index (κ3) is 4.07. The minimum atomic E-state index is -3.96. The van der Waals surface area contributed by atoms with Crippen LogP contribution in [0.1, 0.15) is 13.8 Å². The molecule has 1 atom stereocenters. The summed E-state index contributed by atoms with van der Waals surface area (Å²) in [7, 11) is -3.96. The smallest absolute Gasteiger partial charge is 0.244 e. The second kappa shape index (κ2) is 6.56. The van der Waals surface area contributed by atoms with Crippen LogP contribution >= 0.6 is 23.2 Å². The summed E-state index contributed by atoms with van der Waals surface area (Å²) in [6.45, 7) is 3.59. The van der Waals surface area contributed by atoms with Crippen LogP contribution in [0.15, 0.2) is 23.1 Å². The molecule has 5 nitrogen and oxygen atoms in total. The number of benzene rings is 1. The van der Waals surface area contributed by atoms with Gasteiger partial charge in [-0.05, 0) is 26.0 Å². The van der Waals surface area contributed by atoms with Crippen LogP contribution in [0.2, 0.25) is 10.0 Å². The molecule has 1 rings (SSSR count). The molecule has 0 saturated heterocycles. The number of sulfonamides is 1. The van der Waals surface area contributed by atoms with E-state index in [1.165, 1.54) is 25.1 Å². The number of hydrogen-bond acceptors (Lipinski definition) is 3. The summed E-state index contributed by atoms with van der Waals surface area (Å²) in [5, 5.41) is 2.52. The zero-order valence-electron chi connectivity index (χ0n) is 10.4. The van der Waals surface area contributed by atoms with E-state index >= 15 is 0 Å². The molecule has 0 heterocycles. The van der Waals surface area contributed by atoms with Crippen molar-refractivity contribution < 1.29 is 13.2 Å². The number of carbonyl (C=O) groups excluding carboxylic acids is 1. The second-order valence-electron chi connectivity index (χ2n) is 3.79. The minimum absolute atomic E-state index is 0.00287. The van der Waals surface area contributed by atoms with Crippen LogP contribution < -0.4 is 10.0 Å². The molecule has 0 saturated carbocycles. The molecule has 2 N–H and O–H groups in total. The average molecular weight is 325 g/mol. The Hall–Kier alpha value is -0.820. The quantitative estimate of drug-likeness (QED) is 0.867. The number of likely N-dealkylation sites (N-methyl/N-ethyl adjacent to an activating group) is 1. The standard InChI is InChI=1S/C11H14Cl2N2O3S/c1-3-14-11(16)7(2)15-19(17,18)10-8(12)5-4-6-9(10)13/h4-7,15H,3H2,1-2H3,(H,14,16)/t7-/m1/s1. The largest absolute Gasteiger partial charge is 0.355 e. The zero-order valence-corrected chi connectivity index (χ0v) is 12.7. The van der Waals surface area contributed by atoms with Crippen LogP contribution in [-0.4, -0.2) is 26.9 Å². The van der Waals surface area contributed by atoms with E-state index in [0.717, 1.165) is 0 Å². The topological polar surface area (TPSA) is 75.3 Å². The average Bonchev–Trinajstić information content (AvgIpc) is 2.27. The fourth-order valence-electron chi connectivity index (χ4n) is 1.41. The number of hydrogen-bond donors (Lipinski definition) is 2. The summed E-state index contributed by atoms with van der Waals surface area (Å²) >= 11 is 11.7. The van der Waals surface area contributed by atoms with Gasteiger partial charge in [-0.2, -0.15) is 4.72 Å². The van der Waals surface area contributed by atoms with E-state index in [1.54, 1.807) is 6.92 Å². The van der Waals surface area contributed by atoms with Crippen LogP contribution in [0.25, 0.3) is 0 Å². The maximum absolute atomic E-state index is 12.1. The Balaban J connectivity index is 3.03. The van der Waals surface area contributed by atoms with Gasteiger partial charge in [-0.25, -0.2) is 8.42 Å². The lowest BCUT2D eigenvalue weighted by molar-refractivity contribution is -0.122. The number of halogens is 2. The van der Waals surface area contributed by atoms with Crippen LogP contribution in [0.3, 0.4) is 0 Å². The molecule has 1 aromatic rings. The Kier molecular flexibility index (Phi) is 5.61. The third-order valence-corrected chi connectivity index (χ3v) is 4.76. The van der Waals surface area contributed by atoms with Crippen molar-refractivity contribution in [2.45, 2.75) is 24.8 Å². The Morgan fingerprint density at radius 1 is 1.32 bits per heavy atom. The highest BCUT2D eigenvalue weighted by molar-refractivity contribution is 7.89. The van der Waals surface area contributed by atoms with Gasteiger partial charge in [0.25, 0.3) is 0 Å². The van der Waals surface area contributed by atoms with E-state index in [4.69, 9.17) is 23.2 Å². The predicted octanol–water partition coefficient (Wildman–Crippen LogP) is 1.80. The van der Waals surface area contributed by atoms with Gasteiger partial charge in [0.05, 0.1) is 16.1 Å². The van der Waals surface area contributed by atoms with Crippen molar-refractivity contribution in [3.63, 3.8) is 0 Å². The highest BCUT2D eigenvalue weighted by Crippen LogP contribution is 2.28. The van der Waals surface area contributed by atoms with E-state index in [2.05, 4.69) is 10.0 Å². The van der Waals surface area contributed by atoms with Crippen molar-refractivity contribution in [3.05, 3.63) is 28.2 Å². The molecule has 19 heavy (non-hydrogen) atoms. The second-order valence-corrected chi connectivity index (χ2v) is 6.25. The summed E-state index contributed by atoms with van der Waals surface area (Å²) in [4.78, 5) is 11.3. The first kappa shape index (κ1) is 16.2. The molecule has 0 aliphatic rings. The van der Waals surface area contributed by atoms with E-state index in [-0.39, 0.29) is 14.9 Å². The lowest BCUT2D eigenvalue weighted by atomic mass is 10.3. The van der Waals surface area contributed by atoms with Crippen molar-refractivity contribution in [3.8, 4) is 0 Å². The fourth-order valence-corrected chi connectivity index (χ4v) is 3.76. The highest BCUT2D eigenvalue weighted by atomic mass is 35.5. The highest BCUT2D eigenvalue weighted by Gasteiger charge is 2.25. The van der Waals surface area contributed by atoms with E-state index in [1.807, 2.05) is 0 Å². The van der Waals surface area contributed by atoms with Crippen molar-refractivity contribution in [2.75, 3.05) is 6.54 Å². The summed E-state index contributed by atoms with van der Waals surface area (Å²) in [5.74, 6) is -0.422. The lowest BCUT2D eigenvalue weighted by Gasteiger charge is -2.15. The molecule has 0 spiro atoms. The molecule has 0 bridgehead atoms. The maximum Gasteiger partial charge on any atom is 0.244 e. The number of carbonyl (C=O) groups is 1. The van der Waals surface area contributed by atoms with Crippen molar-refractivity contribution in [1.82, 2.24) is 10.0 Å². The zero-order chi connectivity index (χ0) is 14.6. The molecule has 0 radical (unpaired) electrons. The molecule has 8 heteroatoms. The summed E-state index contributed by atoms with van der Waals surface area (Å²) in [5.41, 5.74) is 0. The van der Waals surface area contributed by atoms with Gasteiger partial charge in [0.2, 0.25) is 15.9 Å². The van der Waals surface area contributed by atoms with Crippen LogP contribution in [-0.2, 0) is 14.8 Å². The lowest BCUT2D eigenvalue weighted by Crippen LogP contribution is -2.44. The minimum Gasteiger partial charge on any atom is -0.355 e. The summed E-state index contributed by atoms with van der Waals surface area (Å²) in [6, 6.07) is 3.45. The van der Waals surface area contributed by atoms with Crippen LogP contribution in [0, 0.1) is 0 Å². The van der Waals surface area contributed by atoms with Crippen LogP contribution in [0.4, 0.5) is 0 Å². The molecule has 0 unspecified atom stereocenters. The van der Waals surface area contributed by atoms with Gasteiger partial charge < -0.3 is 5.32 Å². The van der Waals surface area contributed by atoms with Gasteiger partial charge in [-0.1, -0.05) is 29.3 Å². The Bertz CT molecular complexity index is 555. The molecule has 0 aromatic heterocycles. The Morgan fingerprint density at radius 2 is 1.84 bits per heavy atom. The van der Waals surface area contributed by atoms with Gasteiger partial charge in [0.15, 0.2) is 0 Å². The normalized spacial score (nSPS) is 13.1.